The van der Waals surface area contributed by atoms with Crippen molar-refractivity contribution in [3.05, 3.63) is 94.7 Å². The second kappa shape index (κ2) is 9.83. The molecule has 5 rings (SSSR count). The van der Waals surface area contributed by atoms with E-state index in [1.54, 1.807) is 23.1 Å². The number of carbonyl (C=O) groups is 1. The fourth-order valence-corrected chi connectivity index (χ4v) is 5.09. The minimum atomic E-state index is -0.214. The molecule has 4 aromatic rings. The summed E-state index contributed by atoms with van der Waals surface area (Å²) in [6.45, 7) is 4.49. The van der Waals surface area contributed by atoms with Gasteiger partial charge in [0.15, 0.2) is 0 Å². The SMILES string of the molecule is CC(C)Oc1ccc(CNC(=O)c2cccc(N3CC(O)=C(c4nc5ccccc5s4)C3=N)c2)cc1. The van der Waals surface area contributed by atoms with Crippen molar-refractivity contribution in [2.75, 3.05) is 11.4 Å². The van der Waals surface area contributed by atoms with E-state index in [2.05, 4.69) is 10.3 Å². The van der Waals surface area contributed by atoms with Crippen molar-refractivity contribution < 1.29 is 14.6 Å². The maximum absolute atomic E-state index is 12.9. The van der Waals surface area contributed by atoms with E-state index in [0.29, 0.717) is 28.4 Å². The predicted octanol–water partition coefficient (Wildman–Crippen LogP) is 5.78. The summed E-state index contributed by atoms with van der Waals surface area (Å²) in [5.41, 5.74) is 3.37. The van der Waals surface area contributed by atoms with Crippen LogP contribution in [0.4, 0.5) is 5.69 Å². The molecule has 3 aromatic carbocycles. The van der Waals surface area contributed by atoms with E-state index >= 15 is 0 Å². The Morgan fingerprint density at radius 1 is 1.14 bits per heavy atom. The van der Waals surface area contributed by atoms with Crippen LogP contribution in [0, 0.1) is 5.41 Å². The Hall–Kier alpha value is -4.17. The molecule has 1 aliphatic heterocycles. The van der Waals surface area contributed by atoms with Crippen molar-refractivity contribution in [1.82, 2.24) is 10.3 Å². The highest BCUT2D eigenvalue weighted by Gasteiger charge is 2.31. The first-order valence-electron chi connectivity index (χ1n) is 11.7. The minimum absolute atomic E-state index is 0.0961. The van der Waals surface area contributed by atoms with Gasteiger partial charge in [-0.2, -0.15) is 0 Å². The number of aromatic nitrogens is 1. The molecule has 8 heteroatoms. The lowest BCUT2D eigenvalue weighted by Gasteiger charge is -2.19. The first kappa shape index (κ1) is 23.6. The summed E-state index contributed by atoms with van der Waals surface area (Å²) in [5.74, 6) is 0.836. The number of ether oxygens (including phenoxy) is 1. The van der Waals surface area contributed by atoms with Gasteiger partial charge in [-0.1, -0.05) is 30.3 Å². The maximum Gasteiger partial charge on any atom is 0.251 e. The summed E-state index contributed by atoms with van der Waals surface area (Å²) < 4.78 is 6.66. The lowest BCUT2D eigenvalue weighted by Crippen LogP contribution is -2.27. The number of amides is 1. The van der Waals surface area contributed by atoms with E-state index in [4.69, 9.17) is 10.1 Å². The monoisotopic (exact) mass is 498 g/mol. The molecule has 2 heterocycles. The van der Waals surface area contributed by atoms with Gasteiger partial charge in [-0.3, -0.25) is 10.2 Å². The molecule has 36 heavy (non-hydrogen) atoms. The molecular formula is C28H26N4O3S. The number of benzene rings is 3. The van der Waals surface area contributed by atoms with Crippen LogP contribution in [-0.2, 0) is 6.54 Å². The molecule has 0 atom stereocenters. The molecule has 0 radical (unpaired) electrons. The van der Waals surface area contributed by atoms with Crippen LogP contribution in [0.15, 0.2) is 78.6 Å². The highest BCUT2D eigenvalue weighted by atomic mass is 32.1. The zero-order chi connectivity index (χ0) is 25.2. The molecule has 1 amide bonds. The molecule has 0 spiro atoms. The second-order valence-corrected chi connectivity index (χ2v) is 9.82. The number of aliphatic hydroxyl groups excluding tert-OH is 1. The Labute approximate surface area is 213 Å². The van der Waals surface area contributed by atoms with Gasteiger partial charge in [-0.05, 0) is 61.9 Å². The topological polar surface area (TPSA) is 98.5 Å². The Morgan fingerprint density at radius 3 is 2.67 bits per heavy atom. The van der Waals surface area contributed by atoms with Crippen LogP contribution >= 0.6 is 11.3 Å². The van der Waals surface area contributed by atoms with Crippen LogP contribution in [0.25, 0.3) is 15.8 Å². The molecule has 3 N–H and O–H groups in total. The predicted molar refractivity (Wildman–Crippen MR) is 144 cm³/mol. The number of nitrogens with one attached hydrogen (secondary N) is 2. The number of aliphatic hydroxyl groups is 1. The van der Waals surface area contributed by atoms with Gasteiger partial charge in [0, 0.05) is 17.8 Å². The first-order valence-corrected chi connectivity index (χ1v) is 12.5. The highest BCUT2D eigenvalue weighted by molar-refractivity contribution is 7.19. The molecule has 0 saturated heterocycles. The van der Waals surface area contributed by atoms with Gasteiger partial charge in [0.05, 0.1) is 28.4 Å². The number of carbonyl (C=O) groups excluding carboxylic acids is 1. The highest BCUT2D eigenvalue weighted by Crippen LogP contribution is 2.35. The van der Waals surface area contributed by atoms with E-state index < -0.39 is 0 Å². The number of para-hydroxylation sites is 1. The van der Waals surface area contributed by atoms with Gasteiger partial charge in [0.25, 0.3) is 5.91 Å². The lowest BCUT2D eigenvalue weighted by atomic mass is 10.1. The molecule has 7 nitrogen and oxygen atoms in total. The van der Waals surface area contributed by atoms with Gasteiger partial charge in [-0.15, -0.1) is 11.3 Å². The third kappa shape index (κ3) is 4.81. The molecule has 0 fully saturated rings. The van der Waals surface area contributed by atoms with Crippen LogP contribution < -0.4 is 15.0 Å². The molecular weight excluding hydrogens is 472 g/mol. The summed E-state index contributed by atoms with van der Waals surface area (Å²) >= 11 is 1.45. The van der Waals surface area contributed by atoms with Crippen molar-refractivity contribution >= 4 is 44.6 Å². The summed E-state index contributed by atoms with van der Waals surface area (Å²) in [4.78, 5) is 19.1. The van der Waals surface area contributed by atoms with E-state index in [1.807, 2.05) is 68.4 Å². The van der Waals surface area contributed by atoms with Crippen molar-refractivity contribution in [1.29, 1.82) is 5.41 Å². The van der Waals surface area contributed by atoms with E-state index in [9.17, 15) is 9.90 Å². The average Bonchev–Trinajstić information content (AvgIpc) is 3.42. The van der Waals surface area contributed by atoms with Crippen molar-refractivity contribution in [2.45, 2.75) is 26.5 Å². The molecule has 0 aliphatic carbocycles. The fourth-order valence-electron chi connectivity index (χ4n) is 4.06. The zero-order valence-electron chi connectivity index (χ0n) is 20.0. The average molecular weight is 499 g/mol. The van der Waals surface area contributed by atoms with E-state index in [0.717, 1.165) is 21.5 Å². The molecule has 182 valence electrons. The van der Waals surface area contributed by atoms with Crippen LogP contribution in [0.2, 0.25) is 0 Å². The Balaban J connectivity index is 1.28. The third-order valence-corrected chi connectivity index (χ3v) is 6.83. The van der Waals surface area contributed by atoms with Crippen molar-refractivity contribution in [2.24, 2.45) is 0 Å². The molecule has 0 saturated carbocycles. The van der Waals surface area contributed by atoms with Gasteiger partial charge in [0.1, 0.15) is 22.4 Å². The lowest BCUT2D eigenvalue weighted by molar-refractivity contribution is 0.0951. The number of rotatable bonds is 7. The number of anilines is 1. The molecule has 0 unspecified atom stereocenters. The van der Waals surface area contributed by atoms with Gasteiger partial charge >= 0.3 is 0 Å². The Morgan fingerprint density at radius 2 is 1.92 bits per heavy atom. The number of hydrogen-bond acceptors (Lipinski definition) is 6. The van der Waals surface area contributed by atoms with Crippen molar-refractivity contribution in [3.63, 3.8) is 0 Å². The molecule has 1 aromatic heterocycles. The standard InChI is InChI=1S/C28H26N4O3S/c1-17(2)35-21-12-10-18(11-13-21)15-30-27(34)19-6-5-7-20(14-19)32-16-23(33)25(26(32)29)28-31-22-8-3-4-9-24(22)36-28/h3-14,17,29,33H,15-16H2,1-2H3,(H,30,34). The number of amidine groups is 1. The smallest absolute Gasteiger partial charge is 0.251 e. The van der Waals surface area contributed by atoms with Crippen LogP contribution in [-0.4, -0.2) is 34.5 Å². The number of fused-ring (bicyclic) bond motifs is 1. The first-order chi connectivity index (χ1) is 17.4. The summed E-state index contributed by atoms with van der Waals surface area (Å²) in [6, 6.07) is 22.5. The Kier molecular flexibility index (Phi) is 6.43. The maximum atomic E-state index is 12.9. The van der Waals surface area contributed by atoms with Gasteiger partial charge in [0.2, 0.25) is 0 Å². The number of nitrogens with zero attached hydrogens (tertiary/aromatic N) is 2. The van der Waals surface area contributed by atoms with Crippen LogP contribution in [0.5, 0.6) is 5.75 Å². The normalized spacial score (nSPS) is 13.6. The molecule has 0 bridgehead atoms. The fraction of sp³-hybridized carbons (Fsp3) is 0.179. The second-order valence-electron chi connectivity index (χ2n) is 8.79. The summed E-state index contributed by atoms with van der Waals surface area (Å²) in [5, 5.41) is 23.0. The third-order valence-electron chi connectivity index (χ3n) is 5.78. The minimum Gasteiger partial charge on any atom is -0.510 e. The van der Waals surface area contributed by atoms with E-state index in [-0.39, 0.29) is 30.2 Å². The number of hydrogen-bond donors (Lipinski definition) is 3. The largest absolute Gasteiger partial charge is 0.510 e. The molecule has 1 aliphatic rings. The number of thiazole rings is 1. The van der Waals surface area contributed by atoms with Crippen molar-refractivity contribution in [3.8, 4) is 5.75 Å². The quantitative estimate of drug-likeness (QED) is 0.300. The summed E-state index contributed by atoms with van der Waals surface area (Å²) in [7, 11) is 0. The van der Waals surface area contributed by atoms with Crippen LogP contribution in [0.3, 0.4) is 0 Å². The Bertz CT molecular complexity index is 1440. The van der Waals surface area contributed by atoms with Gasteiger partial charge < -0.3 is 20.1 Å². The van der Waals surface area contributed by atoms with Gasteiger partial charge in [-0.25, -0.2) is 4.98 Å². The summed E-state index contributed by atoms with van der Waals surface area (Å²) in [6.07, 6.45) is 0.106. The van der Waals surface area contributed by atoms with Crippen LogP contribution in [0.1, 0.15) is 34.8 Å². The zero-order valence-corrected chi connectivity index (χ0v) is 20.8. The van der Waals surface area contributed by atoms with E-state index in [1.165, 1.54) is 11.3 Å².